The van der Waals surface area contributed by atoms with Crippen molar-refractivity contribution in [3.8, 4) is 22.5 Å². The minimum atomic E-state index is -0.929. The maximum absolute atomic E-state index is 11.8. The molecule has 8 heteroatoms. The molecule has 4 aromatic rings. The maximum Gasteiger partial charge on any atom is 0.339 e. The van der Waals surface area contributed by atoms with E-state index in [0.717, 1.165) is 47.3 Å². The van der Waals surface area contributed by atoms with E-state index in [1.54, 1.807) is 6.92 Å². The molecule has 158 valence electrons. The van der Waals surface area contributed by atoms with Crippen LogP contribution in [0.1, 0.15) is 47.1 Å². The molecular weight excluding hydrogens is 392 g/mol. The number of hydrogen-bond acceptors (Lipinski definition) is 5. The number of aromatic carboxylic acids is 1. The standard InChI is InChI=1S/C23H24N6O2/c1-3-4-13-29-20(21(23(30)31)15(2)26-29)14-16-9-11-17(12-10-16)18-7-5-6-8-19(18)22-24-27-28-25-22/h5-12H,3-4,13-14H2,1-2H3,(H,30,31)(H,24,25,27,28). The van der Waals surface area contributed by atoms with Crippen LogP contribution in [-0.4, -0.2) is 41.5 Å². The number of carbonyl (C=O) groups is 1. The van der Waals surface area contributed by atoms with Crippen LogP contribution in [0, 0.1) is 6.92 Å². The van der Waals surface area contributed by atoms with Crippen molar-refractivity contribution in [2.45, 2.75) is 39.7 Å². The van der Waals surface area contributed by atoms with E-state index in [2.05, 4.69) is 32.6 Å². The van der Waals surface area contributed by atoms with E-state index in [1.807, 2.05) is 53.2 Å². The van der Waals surface area contributed by atoms with E-state index in [0.29, 0.717) is 23.5 Å². The van der Waals surface area contributed by atoms with Crippen LogP contribution in [0.3, 0.4) is 0 Å². The second kappa shape index (κ2) is 8.91. The fraction of sp³-hybridized carbons (Fsp3) is 0.261. The molecule has 0 spiro atoms. The number of unbranched alkanes of at least 4 members (excludes halogenated alkanes) is 1. The van der Waals surface area contributed by atoms with Crippen molar-refractivity contribution in [3.63, 3.8) is 0 Å². The Bertz CT molecular complexity index is 1180. The Morgan fingerprint density at radius 2 is 1.84 bits per heavy atom. The predicted molar refractivity (Wildman–Crippen MR) is 117 cm³/mol. The molecule has 0 aliphatic carbocycles. The molecule has 0 aliphatic heterocycles. The number of nitrogens with zero attached hydrogens (tertiary/aromatic N) is 5. The molecule has 2 N–H and O–H groups in total. The van der Waals surface area contributed by atoms with E-state index < -0.39 is 5.97 Å². The Hall–Kier alpha value is -3.81. The van der Waals surface area contributed by atoms with Gasteiger partial charge < -0.3 is 5.11 Å². The number of H-pyrrole nitrogens is 1. The number of hydrogen-bond donors (Lipinski definition) is 2. The Balaban J connectivity index is 1.65. The lowest BCUT2D eigenvalue weighted by molar-refractivity contribution is 0.0695. The predicted octanol–water partition coefficient (Wildman–Crippen LogP) is 4.13. The molecule has 2 aromatic heterocycles. The molecule has 4 rings (SSSR count). The van der Waals surface area contributed by atoms with Gasteiger partial charge >= 0.3 is 5.97 Å². The van der Waals surface area contributed by atoms with Crippen LogP contribution in [0.2, 0.25) is 0 Å². The average molecular weight is 416 g/mol. The van der Waals surface area contributed by atoms with Crippen molar-refractivity contribution in [2.75, 3.05) is 0 Å². The van der Waals surface area contributed by atoms with Crippen LogP contribution >= 0.6 is 0 Å². The van der Waals surface area contributed by atoms with Crippen molar-refractivity contribution in [3.05, 3.63) is 71.0 Å². The van der Waals surface area contributed by atoms with Gasteiger partial charge in [-0.15, -0.1) is 5.10 Å². The molecule has 2 heterocycles. The lowest BCUT2D eigenvalue weighted by Crippen LogP contribution is -2.09. The number of aromatic nitrogens is 6. The van der Waals surface area contributed by atoms with Crippen LogP contribution in [-0.2, 0) is 13.0 Å². The molecule has 0 aliphatic rings. The van der Waals surface area contributed by atoms with Gasteiger partial charge in [0.1, 0.15) is 5.56 Å². The third-order valence-corrected chi connectivity index (χ3v) is 5.33. The SMILES string of the molecule is CCCCn1nc(C)c(C(=O)O)c1Cc1ccc(-c2ccccc2-c2nnn[nH]2)cc1. The molecule has 0 unspecified atom stereocenters. The fourth-order valence-corrected chi connectivity index (χ4v) is 3.79. The van der Waals surface area contributed by atoms with Crippen LogP contribution < -0.4 is 0 Å². The number of aryl methyl sites for hydroxylation is 2. The highest BCUT2D eigenvalue weighted by atomic mass is 16.4. The first kappa shape index (κ1) is 20.5. The zero-order valence-corrected chi connectivity index (χ0v) is 17.5. The first-order valence-corrected chi connectivity index (χ1v) is 10.3. The topological polar surface area (TPSA) is 110 Å². The summed E-state index contributed by atoms with van der Waals surface area (Å²) >= 11 is 0. The van der Waals surface area contributed by atoms with E-state index in [1.165, 1.54) is 0 Å². The fourth-order valence-electron chi connectivity index (χ4n) is 3.79. The van der Waals surface area contributed by atoms with Crippen molar-refractivity contribution in [2.24, 2.45) is 0 Å². The first-order valence-electron chi connectivity index (χ1n) is 10.3. The highest BCUT2D eigenvalue weighted by Crippen LogP contribution is 2.30. The molecular formula is C23H24N6O2. The summed E-state index contributed by atoms with van der Waals surface area (Å²) in [5, 5.41) is 28.4. The lowest BCUT2D eigenvalue weighted by atomic mass is 9.97. The molecule has 0 bridgehead atoms. The minimum absolute atomic E-state index is 0.309. The van der Waals surface area contributed by atoms with Crippen molar-refractivity contribution in [1.82, 2.24) is 30.4 Å². The van der Waals surface area contributed by atoms with Crippen LogP contribution in [0.15, 0.2) is 48.5 Å². The highest BCUT2D eigenvalue weighted by molar-refractivity contribution is 5.90. The smallest absolute Gasteiger partial charge is 0.339 e. The third-order valence-electron chi connectivity index (χ3n) is 5.33. The Labute approximate surface area is 179 Å². The quantitative estimate of drug-likeness (QED) is 0.447. The normalized spacial score (nSPS) is 11.0. The summed E-state index contributed by atoms with van der Waals surface area (Å²) in [7, 11) is 0. The molecule has 0 amide bonds. The van der Waals surface area contributed by atoms with Gasteiger partial charge in [0, 0.05) is 18.5 Å². The minimum Gasteiger partial charge on any atom is -0.478 e. The molecule has 0 radical (unpaired) electrons. The van der Waals surface area contributed by atoms with Crippen molar-refractivity contribution in [1.29, 1.82) is 0 Å². The van der Waals surface area contributed by atoms with Gasteiger partial charge in [0.05, 0.1) is 11.4 Å². The van der Waals surface area contributed by atoms with E-state index >= 15 is 0 Å². The molecule has 8 nitrogen and oxygen atoms in total. The summed E-state index contributed by atoms with van der Waals surface area (Å²) in [6.45, 7) is 4.59. The zero-order valence-electron chi connectivity index (χ0n) is 17.5. The molecule has 0 fully saturated rings. The van der Waals surface area contributed by atoms with E-state index in [4.69, 9.17) is 0 Å². The molecule has 0 atom stereocenters. The van der Waals surface area contributed by atoms with E-state index in [-0.39, 0.29) is 0 Å². The Kier molecular flexibility index (Phi) is 5.88. The summed E-state index contributed by atoms with van der Waals surface area (Å²) in [5.74, 6) is -0.317. The van der Waals surface area contributed by atoms with Crippen molar-refractivity contribution < 1.29 is 9.90 Å². The largest absolute Gasteiger partial charge is 0.478 e. The zero-order chi connectivity index (χ0) is 21.8. The number of rotatable bonds is 8. The third kappa shape index (κ3) is 4.23. The number of tetrazole rings is 1. The second-order valence-corrected chi connectivity index (χ2v) is 7.46. The Morgan fingerprint density at radius 3 is 2.48 bits per heavy atom. The number of aromatic amines is 1. The average Bonchev–Trinajstić information content (AvgIpc) is 3.41. The van der Waals surface area contributed by atoms with E-state index in [9.17, 15) is 9.90 Å². The van der Waals surface area contributed by atoms with Gasteiger partial charge in [-0.1, -0.05) is 61.9 Å². The van der Waals surface area contributed by atoms with Crippen LogP contribution in [0.4, 0.5) is 0 Å². The summed E-state index contributed by atoms with van der Waals surface area (Å²) < 4.78 is 1.85. The number of carboxylic acid groups (broad SMARTS) is 1. The van der Waals surface area contributed by atoms with Gasteiger partial charge in [0.25, 0.3) is 0 Å². The van der Waals surface area contributed by atoms with Crippen molar-refractivity contribution >= 4 is 5.97 Å². The summed E-state index contributed by atoms with van der Waals surface area (Å²) in [4.78, 5) is 11.8. The maximum atomic E-state index is 11.8. The van der Waals surface area contributed by atoms with Gasteiger partial charge in [0.2, 0.25) is 0 Å². The summed E-state index contributed by atoms with van der Waals surface area (Å²) in [6, 6.07) is 16.1. The van der Waals surface area contributed by atoms with Gasteiger partial charge in [-0.2, -0.15) is 5.10 Å². The number of carboxylic acids is 1. The van der Waals surface area contributed by atoms with Crippen LogP contribution in [0.5, 0.6) is 0 Å². The lowest BCUT2D eigenvalue weighted by Gasteiger charge is -2.10. The summed E-state index contributed by atoms with van der Waals surface area (Å²) in [6.07, 6.45) is 2.50. The monoisotopic (exact) mass is 416 g/mol. The number of nitrogens with one attached hydrogen (secondary N) is 1. The van der Waals surface area contributed by atoms with Gasteiger partial charge in [-0.3, -0.25) is 4.68 Å². The number of benzene rings is 2. The van der Waals surface area contributed by atoms with Gasteiger partial charge in [0.15, 0.2) is 5.82 Å². The molecule has 2 aromatic carbocycles. The molecule has 0 saturated heterocycles. The van der Waals surface area contributed by atoms with Gasteiger partial charge in [-0.25, -0.2) is 9.89 Å². The first-order chi connectivity index (χ1) is 15.1. The molecule has 0 saturated carbocycles. The van der Waals surface area contributed by atoms with Gasteiger partial charge in [-0.05, 0) is 40.5 Å². The molecule has 31 heavy (non-hydrogen) atoms. The highest BCUT2D eigenvalue weighted by Gasteiger charge is 2.21. The second-order valence-electron chi connectivity index (χ2n) is 7.46. The summed E-state index contributed by atoms with van der Waals surface area (Å²) in [5.41, 5.74) is 5.62. The Morgan fingerprint density at radius 1 is 1.10 bits per heavy atom. The van der Waals surface area contributed by atoms with Crippen LogP contribution in [0.25, 0.3) is 22.5 Å².